The maximum absolute atomic E-state index is 12.7. The summed E-state index contributed by atoms with van der Waals surface area (Å²) < 4.78 is 27.0. The summed E-state index contributed by atoms with van der Waals surface area (Å²) in [5.74, 6) is 0. The summed E-state index contributed by atoms with van der Waals surface area (Å²) in [7, 11) is -3.88. The van der Waals surface area contributed by atoms with Gasteiger partial charge < -0.3 is 19.7 Å². The number of pyridine rings is 1. The summed E-state index contributed by atoms with van der Waals surface area (Å²) in [4.78, 5) is 11.4. The predicted molar refractivity (Wildman–Crippen MR) is 98.0 cm³/mol. The Morgan fingerprint density at radius 2 is 2.00 bits per heavy atom. The molecule has 4 rings (SSSR count). The number of nitrogens with zero attached hydrogens (tertiary/aromatic N) is 4. The van der Waals surface area contributed by atoms with E-state index in [-0.39, 0.29) is 0 Å². The van der Waals surface area contributed by atoms with Gasteiger partial charge in [-0.1, -0.05) is 0 Å². The van der Waals surface area contributed by atoms with Gasteiger partial charge >= 0.3 is 7.05 Å². The molecule has 2 aromatic rings. The number of aromatic amines is 1. The molecule has 10 heteroatoms. The molecular formula is C15H22BN5O3S. The SMILES string of the molecule is CB(O)N1CC(S(=O)(=O)N2CCN(c3c[nH]c4ncccc34)CC2)C1. The van der Waals surface area contributed by atoms with Crippen molar-refractivity contribution in [2.24, 2.45) is 0 Å². The molecule has 0 aliphatic carbocycles. The third-order valence-electron chi connectivity index (χ3n) is 5.19. The number of H-pyrrole nitrogens is 1. The Labute approximate surface area is 147 Å². The molecule has 0 spiro atoms. The lowest BCUT2D eigenvalue weighted by atomic mass is 9.81. The van der Waals surface area contributed by atoms with Gasteiger partial charge in [0, 0.05) is 57.0 Å². The second-order valence-corrected chi connectivity index (χ2v) is 8.93. The minimum absolute atomic E-state index is 0.397. The molecule has 134 valence electrons. The second kappa shape index (κ2) is 6.28. The molecule has 0 unspecified atom stereocenters. The van der Waals surface area contributed by atoms with Crippen molar-refractivity contribution in [2.75, 3.05) is 44.2 Å². The van der Waals surface area contributed by atoms with Crippen molar-refractivity contribution in [3.05, 3.63) is 24.5 Å². The van der Waals surface area contributed by atoms with Crippen molar-refractivity contribution in [2.45, 2.75) is 12.1 Å². The summed E-state index contributed by atoms with van der Waals surface area (Å²) in [5.41, 5.74) is 1.92. The van der Waals surface area contributed by atoms with E-state index in [1.165, 1.54) is 0 Å². The number of sulfonamides is 1. The topological polar surface area (TPSA) is 92.8 Å². The first-order valence-electron chi connectivity index (χ1n) is 8.55. The average molecular weight is 363 g/mol. The molecule has 25 heavy (non-hydrogen) atoms. The van der Waals surface area contributed by atoms with Gasteiger partial charge in [-0.2, -0.15) is 4.31 Å². The highest BCUT2D eigenvalue weighted by molar-refractivity contribution is 7.89. The van der Waals surface area contributed by atoms with E-state index < -0.39 is 22.3 Å². The van der Waals surface area contributed by atoms with Crippen LogP contribution >= 0.6 is 0 Å². The molecule has 0 bridgehead atoms. The Bertz CT molecular complexity index is 857. The number of fused-ring (bicyclic) bond motifs is 1. The van der Waals surface area contributed by atoms with E-state index in [0.29, 0.717) is 39.3 Å². The van der Waals surface area contributed by atoms with Crippen LogP contribution in [0.2, 0.25) is 6.82 Å². The second-order valence-electron chi connectivity index (χ2n) is 6.71. The number of hydrogen-bond acceptors (Lipinski definition) is 6. The van der Waals surface area contributed by atoms with Crippen LogP contribution in [0.1, 0.15) is 0 Å². The first kappa shape index (κ1) is 16.8. The normalized spacial score (nSPS) is 20.8. The molecule has 4 heterocycles. The Hall–Kier alpha value is -1.62. The van der Waals surface area contributed by atoms with Crippen LogP contribution in [-0.4, -0.2) is 84.1 Å². The molecule has 2 aromatic heterocycles. The Morgan fingerprint density at radius 3 is 2.68 bits per heavy atom. The Kier molecular flexibility index (Phi) is 4.23. The van der Waals surface area contributed by atoms with Crippen LogP contribution in [0.4, 0.5) is 5.69 Å². The molecule has 2 N–H and O–H groups in total. The third kappa shape index (κ3) is 2.93. The number of hydrogen-bond donors (Lipinski definition) is 2. The standard InChI is InChI=1S/C15H22BN5O3S/c1-16(22)20-10-12(11-20)25(23,24)21-7-5-19(6-8-21)14-9-18-15-13(14)3-2-4-17-15/h2-4,9,12,22H,5-8,10-11H2,1H3,(H,17,18). The molecule has 0 aromatic carbocycles. The number of rotatable bonds is 4. The summed E-state index contributed by atoms with van der Waals surface area (Å²) in [6.07, 6.45) is 3.69. The van der Waals surface area contributed by atoms with E-state index >= 15 is 0 Å². The number of piperazine rings is 1. The first-order valence-corrected chi connectivity index (χ1v) is 10.1. The van der Waals surface area contributed by atoms with Crippen LogP contribution in [0.5, 0.6) is 0 Å². The predicted octanol–water partition coefficient (Wildman–Crippen LogP) is -0.191. The lowest BCUT2D eigenvalue weighted by Crippen LogP contribution is -2.63. The zero-order valence-corrected chi connectivity index (χ0v) is 15.0. The highest BCUT2D eigenvalue weighted by atomic mass is 32.2. The Morgan fingerprint density at radius 1 is 1.28 bits per heavy atom. The quantitative estimate of drug-likeness (QED) is 0.732. The van der Waals surface area contributed by atoms with E-state index in [1.54, 1.807) is 22.1 Å². The van der Waals surface area contributed by atoms with Crippen molar-refractivity contribution in [1.82, 2.24) is 19.1 Å². The van der Waals surface area contributed by atoms with Crippen molar-refractivity contribution in [3.63, 3.8) is 0 Å². The monoisotopic (exact) mass is 363 g/mol. The largest absolute Gasteiger partial charge is 0.437 e. The molecule has 8 nitrogen and oxygen atoms in total. The van der Waals surface area contributed by atoms with E-state index in [2.05, 4.69) is 14.9 Å². The van der Waals surface area contributed by atoms with Gasteiger partial charge in [0.25, 0.3) is 0 Å². The van der Waals surface area contributed by atoms with Gasteiger partial charge in [0.1, 0.15) is 5.65 Å². The molecule has 2 saturated heterocycles. The van der Waals surface area contributed by atoms with Gasteiger partial charge in [-0.25, -0.2) is 13.4 Å². The van der Waals surface area contributed by atoms with Gasteiger partial charge in [0.2, 0.25) is 10.0 Å². The molecule has 2 aliphatic rings. The fraction of sp³-hybridized carbons (Fsp3) is 0.533. The summed E-state index contributed by atoms with van der Waals surface area (Å²) in [6.45, 7) is 4.78. The lowest BCUT2D eigenvalue weighted by Gasteiger charge is -2.43. The van der Waals surface area contributed by atoms with Crippen LogP contribution in [0.15, 0.2) is 24.5 Å². The molecule has 0 amide bonds. The van der Waals surface area contributed by atoms with Gasteiger partial charge in [-0.3, -0.25) is 0 Å². The maximum Gasteiger partial charge on any atom is 0.376 e. The van der Waals surface area contributed by atoms with Crippen molar-refractivity contribution >= 4 is 33.8 Å². The van der Waals surface area contributed by atoms with Crippen LogP contribution in [0.3, 0.4) is 0 Å². The summed E-state index contributed by atoms with van der Waals surface area (Å²) in [5, 5.41) is 10.2. The van der Waals surface area contributed by atoms with Crippen molar-refractivity contribution < 1.29 is 13.4 Å². The fourth-order valence-electron chi connectivity index (χ4n) is 3.56. The zero-order valence-electron chi connectivity index (χ0n) is 14.2. The van der Waals surface area contributed by atoms with E-state index in [0.717, 1.165) is 16.7 Å². The summed E-state index contributed by atoms with van der Waals surface area (Å²) >= 11 is 0. The molecule has 0 atom stereocenters. The van der Waals surface area contributed by atoms with Crippen LogP contribution in [0, 0.1) is 0 Å². The molecule has 2 fully saturated rings. The minimum atomic E-state index is -3.29. The minimum Gasteiger partial charge on any atom is -0.437 e. The number of aromatic nitrogens is 2. The molecular weight excluding hydrogens is 341 g/mol. The molecule has 0 saturated carbocycles. The van der Waals surface area contributed by atoms with E-state index in [4.69, 9.17) is 0 Å². The van der Waals surface area contributed by atoms with Crippen LogP contribution < -0.4 is 4.90 Å². The average Bonchev–Trinajstić information content (AvgIpc) is 2.97. The van der Waals surface area contributed by atoms with Crippen LogP contribution in [-0.2, 0) is 10.0 Å². The van der Waals surface area contributed by atoms with E-state index in [9.17, 15) is 13.4 Å². The lowest BCUT2D eigenvalue weighted by molar-refractivity contribution is 0.262. The third-order valence-corrected chi connectivity index (χ3v) is 7.42. The van der Waals surface area contributed by atoms with Gasteiger partial charge in [0.15, 0.2) is 0 Å². The van der Waals surface area contributed by atoms with Gasteiger partial charge in [-0.15, -0.1) is 0 Å². The van der Waals surface area contributed by atoms with E-state index in [1.807, 2.05) is 18.3 Å². The van der Waals surface area contributed by atoms with Crippen LogP contribution in [0.25, 0.3) is 11.0 Å². The first-order chi connectivity index (χ1) is 12.0. The summed E-state index contributed by atoms with van der Waals surface area (Å²) in [6, 6.07) is 3.93. The highest BCUT2D eigenvalue weighted by Crippen LogP contribution is 2.28. The molecule has 0 radical (unpaired) electrons. The van der Waals surface area contributed by atoms with Crippen molar-refractivity contribution in [1.29, 1.82) is 0 Å². The molecule has 2 aliphatic heterocycles. The highest BCUT2D eigenvalue weighted by Gasteiger charge is 2.43. The zero-order chi connectivity index (χ0) is 17.6. The number of nitrogens with one attached hydrogen (secondary N) is 1. The maximum atomic E-state index is 12.7. The van der Waals surface area contributed by atoms with Gasteiger partial charge in [-0.05, 0) is 19.0 Å². The smallest absolute Gasteiger partial charge is 0.376 e. The fourth-order valence-corrected chi connectivity index (χ4v) is 5.41. The number of anilines is 1. The van der Waals surface area contributed by atoms with Gasteiger partial charge in [0.05, 0.1) is 10.9 Å². The Balaban J connectivity index is 1.42. The van der Waals surface area contributed by atoms with Crippen molar-refractivity contribution in [3.8, 4) is 0 Å².